The minimum Gasteiger partial charge on any atom is -0.306 e. The molecule has 0 aromatic heterocycles. The summed E-state index contributed by atoms with van der Waals surface area (Å²) in [6, 6.07) is 24.3. The Morgan fingerprint density at radius 1 is 0.917 bits per heavy atom. The monoisotopic (exact) mass is 313 g/mol. The van der Waals surface area contributed by atoms with Crippen molar-refractivity contribution in [2.45, 2.75) is 25.8 Å². The van der Waals surface area contributed by atoms with E-state index in [-0.39, 0.29) is 6.04 Å². The van der Waals surface area contributed by atoms with Gasteiger partial charge in [-0.05, 0) is 52.1 Å². The van der Waals surface area contributed by atoms with Gasteiger partial charge in [0, 0.05) is 0 Å². The third-order valence-corrected chi connectivity index (χ3v) is 4.87. The first-order valence-electron chi connectivity index (χ1n) is 8.90. The fourth-order valence-corrected chi connectivity index (χ4v) is 3.71. The first kappa shape index (κ1) is 15.2. The van der Waals surface area contributed by atoms with Gasteiger partial charge in [-0.15, -0.1) is 0 Å². The Kier molecular flexibility index (Phi) is 4.18. The van der Waals surface area contributed by atoms with Crippen molar-refractivity contribution in [2.75, 3.05) is 6.54 Å². The molecule has 0 radical (unpaired) electrons. The SMILES string of the molecule is CCCCNC1/C(=C\c2ccccc2)c2cccc3cccc1c23. The van der Waals surface area contributed by atoms with Crippen LogP contribution in [-0.2, 0) is 0 Å². The molecule has 4 rings (SSSR count). The lowest BCUT2D eigenvalue weighted by atomic mass is 10.0. The normalized spacial score (nSPS) is 17.7. The van der Waals surface area contributed by atoms with Gasteiger partial charge in [-0.3, -0.25) is 0 Å². The molecule has 3 aromatic carbocycles. The molecular weight excluding hydrogens is 290 g/mol. The van der Waals surface area contributed by atoms with E-state index in [0.717, 1.165) is 6.54 Å². The highest BCUT2D eigenvalue weighted by atomic mass is 14.9. The average Bonchev–Trinajstić information content (AvgIpc) is 2.92. The van der Waals surface area contributed by atoms with E-state index in [2.05, 4.69) is 85.0 Å². The van der Waals surface area contributed by atoms with Gasteiger partial charge in [-0.1, -0.05) is 80.1 Å². The molecule has 1 atom stereocenters. The van der Waals surface area contributed by atoms with E-state index in [1.54, 1.807) is 0 Å². The first-order valence-corrected chi connectivity index (χ1v) is 8.90. The molecule has 1 nitrogen and oxygen atoms in total. The van der Waals surface area contributed by atoms with Crippen LogP contribution in [0.5, 0.6) is 0 Å². The summed E-state index contributed by atoms with van der Waals surface area (Å²) in [5, 5.41) is 6.54. The van der Waals surface area contributed by atoms with E-state index in [0.29, 0.717) is 0 Å². The van der Waals surface area contributed by atoms with Crippen LogP contribution in [0.25, 0.3) is 22.4 Å². The molecule has 0 aliphatic heterocycles. The van der Waals surface area contributed by atoms with Crippen LogP contribution < -0.4 is 5.32 Å². The molecule has 1 N–H and O–H groups in total. The first-order chi connectivity index (χ1) is 11.9. The molecule has 24 heavy (non-hydrogen) atoms. The van der Waals surface area contributed by atoms with Crippen molar-refractivity contribution in [1.29, 1.82) is 0 Å². The summed E-state index contributed by atoms with van der Waals surface area (Å²) in [6.45, 7) is 3.30. The number of rotatable bonds is 5. The highest BCUT2D eigenvalue weighted by Crippen LogP contribution is 2.45. The molecule has 1 aliphatic carbocycles. The van der Waals surface area contributed by atoms with Crippen molar-refractivity contribution in [3.63, 3.8) is 0 Å². The summed E-state index contributed by atoms with van der Waals surface area (Å²) in [5.41, 5.74) is 5.45. The summed E-state index contributed by atoms with van der Waals surface area (Å²) >= 11 is 0. The maximum Gasteiger partial charge on any atom is 0.0589 e. The zero-order valence-electron chi connectivity index (χ0n) is 14.1. The van der Waals surface area contributed by atoms with Gasteiger partial charge in [-0.2, -0.15) is 0 Å². The van der Waals surface area contributed by atoms with Crippen LogP contribution in [0.1, 0.15) is 42.5 Å². The van der Waals surface area contributed by atoms with Gasteiger partial charge in [0.2, 0.25) is 0 Å². The van der Waals surface area contributed by atoms with Crippen LogP contribution in [-0.4, -0.2) is 6.54 Å². The molecule has 0 amide bonds. The second-order valence-electron chi connectivity index (χ2n) is 6.50. The Morgan fingerprint density at radius 3 is 2.50 bits per heavy atom. The number of unbranched alkanes of at least 4 members (excludes halogenated alkanes) is 1. The second kappa shape index (κ2) is 6.62. The molecule has 120 valence electrons. The number of hydrogen-bond donors (Lipinski definition) is 1. The topological polar surface area (TPSA) is 12.0 Å². The van der Waals surface area contributed by atoms with E-state index >= 15 is 0 Å². The molecule has 1 unspecified atom stereocenters. The minimum absolute atomic E-state index is 0.290. The molecule has 0 saturated heterocycles. The van der Waals surface area contributed by atoms with Gasteiger partial charge in [0.05, 0.1) is 6.04 Å². The smallest absolute Gasteiger partial charge is 0.0589 e. The van der Waals surface area contributed by atoms with E-state index in [9.17, 15) is 0 Å². The molecule has 1 aliphatic rings. The van der Waals surface area contributed by atoms with Gasteiger partial charge >= 0.3 is 0 Å². The molecule has 0 bridgehead atoms. The average molecular weight is 313 g/mol. The van der Waals surface area contributed by atoms with Crippen molar-refractivity contribution in [2.24, 2.45) is 0 Å². The van der Waals surface area contributed by atoms with Crippen molar-refractivity contribution < 1.29 is 0 Å². The van der Waals surface area contributed by atoms with E-state index in [1.807, 2.05) is 0 Å². The Hall–Kier alpha value is -2.38. The maximum atomic E-state index is 3.79. The molecule has 1 heteroatoms. The van der Waals surface area contributed by atoms with Gasteiger partial charge in [0.15, 0.2) is 0 Å². The Balaban J connectivity index is 1.84. The van der Waals surface area contributed by atoms with Crippen molar-refractivity contribution in [3.8, 4) is 0 Å². The molecule has 0 fully saturated rings. The van der Waals surface area contributed by atoms with Gasteiger partial charge in [-0.25, -0.2) is 0 Å². The lowest BCUT2D eigenvalue weighted by molar-refractivity contribution is 0.607. The highest BCUT2D eigenvalue weighted by molar-refractivity contribution is 6.06. The zero-order valence-corrected chi connectivity index (χ0v) is 14.1. The summed E-state index contributed by atoms with van der Waals surface area (Å²) in [4.78, 5) is 0. The van der Waals surface area contributed by atoms with Crippen LogP contribution in [0.3, 0.4) is 0 Å². The van der Waals surface area contributed by atoms with E-state index in [4.69, 9.17) is 0 Å². The predicted octanol–water partition coefficient (Wildman–Crippen LogP) is 5.82. The summed E-state index contributed by atoms with van der Waals surface area (Å²) in [7, 11) is 0. The van der Waals surface area contributed by atoms with Crippen LogP contribution in [0.2, 0.25) is 0 Å². The molecule has 0 spiro atoms. The van der Waals surface area contributed by atoms with Crippen molar-refractivity contribution in [1.82, 2.24) is 5.32 Å². The third kappa shape index (κ3) is 2.65. The zero-order chi connectivity index (χ0) is 16.4. The second-order valence-corrected chi connectivity index (χ2v) is 6.50. The molecule has 0 saturated carbocycles. The van der Waals surface area contributed by atoms with Gasteiger partial charge < -0.3 is 5.32 Å². The quantitative estimate of drug-likeness (QED) is 0.585. The maximum absolute atomic E-state index is 3.79. The fraction of sp³-hybridized carbons (Fsp3) is 0.217. The molecule has 0 heterocycles. The van der Waals surface area contributed by atoms with Crippen molar-refractivity contribution in [3.05, 3.63) is 83.4 Å². The minimum atomic E-state index is 0.290. The lowest BCUT2D eigenvalue weighted by Gasteiger charge is -2.17. The lowest BCUT2D eigenvalue weighted by Crippen LogP contribution is -2.21. The fourth-order valence-electron chi connectivity index (χ4n) is 3.71. The van der Waals surface area contributed by atoms with E-state index < -0.39 is 0 Å². The Morgan fingerprint density at radius 2 is 1.71 bits per heavy atom. The van der Waals surface area contributed by atoms with Crippen molar-refractivity contribution >= 4 is 22.4 Å². The highest BCUT2D eigenvalue weighted by Gasteiger charge is 2.28. The van der Waals surface area contributed by atoms with Crippen LogP contribution in [0.4, 0.5) is 0 Å². The predicted molar refractivity (Wildman–Crippen MR) is 104 cm³/mol. The standard InChI is InChI=1S/C23H23N/c1-2-3-15-24-23-20-14-8-12-18-11-7-13-19(22(18)20)21(23)16-17-9-5-4-6-10-17/h4-14,16,23-24H,2-3,15H2,1H3/b21-16-. The molecular formula is C23H23N. The summed E-state index contributed by atoms with van der Waals surface area (Å²) < 4.78 is 0. The van der Waals surface area contributed by atoms with Crippen LogP contribution in [0.15, 0.2) is 66.7 Å². The number of nitrogens with one attached hydrogen (secondary N) is 1. The largest absolute Gasteiger partial charge is 0.306 e. The Bertz CT molecular complexity index is 872. The number of hydrogen-bond acceptors (Lipinski definition) is 1. The summed E-state index contributed by atoms with van der Waals surface area (Å²) in [6.07, 6.45) is 4.77. The Labute approximate surface area is 144 Å². The van der Waals surface area contributed by atoms with Crippen LogP contribution >= 0.6 is 0 Å². The molecule has 3 aromatic rings. The van der Waals surface area contributed by atoms with E-state index in [1.165, 1.54) is 45.9 Å². The van der Waals surface area contributed by atoms with Gasteiger partial charge in [0.25, 0.3) is 0 Å². The van der Waals surface area contributed by atoms with Crippen LogP contribution in [0, 0.1) is 0 Å². The summed E-state index contributed by atoms with van der Waals surface area (Å²) in [5.74, 6) is 0. The van der Waals surface area contributed by atoms with Gasteiger partial charge in [0.1, 0.15) is 0 Å². The number of benzene rings is 3. The third-order valence-electron chi connectivity index (χ3n) is 4.87.